The lowest BCUT2D eigenvalue weighted by atomic mass is 9.95. The van der Waals surface area contributed by atoms with Gasteiger partial charge in [-0.2, -0.15) is 0 Å². The molecule has 1 aromatic carbocycles. The molecule has 164 valence electrons. The molecule has 31 heavy (non-hydrogen) atoms. The largest absolute Gasteiger partial charge is 0.493 e. The van der Waals surface area contributed by atoms with E-state index in [1.165, 1.54) is 5.56 Å². The molecule has 7 heteroatoms. The van der Waals surface area contributed by atoms with E-state index in [-0.39, 0.29) is 12.0 Å². The number of amides is 1. The average Bonchev–Trinajstić information content (AvgIpc) is 3.39. The molecular formula is C24H29N3O3S. The van der Waals surface area contributed by atoms with E-state index >= 15 is 0 Å². The molecule has 0 fully saturated rings. The average molecular weight is 440 g/mol. The van der Waals surface area contributed by atoms with Crippen LogP contribution in [0, 0.1) is 0 Å². The summed E-state index contributed by atoms with van der Waals surface area (Å²) in [5.74, 6) is 1.44. The number of hydrogen-bond acceptors (Lipinski definition) is 5. The van der Waals surface area contributed by atoms with Crippen molar-refractivity contribution >= 4 is 17.2 Å². The first kappa shape index (κ1) is 21.5. The molecule has 3 aromatic rings. The predicted octanol–water partition coefficient (Wildman–Crippen LogP) is 4.78. The monoisotopic (exact) mass is 439 g/mol. The van der Waals surface area contributed by atoms with Crippen molar-refractivity contribution in [3.63, 3.8) is 0 Å². The minimum atomic E-state index is -0.0235. The molecule has 0 bridgehead atoms. The molecule has 6 nitrogen and oxygen atoms in total. The number of hydrazine groups is 1. The van der Waals surface area contributed by atoms with E-state index in [1.54, 1.807) is 35.5 Å². The highest BCUT2D eigenvalue weighted by atomic mass is 32.1. The van der Waals surface area contributed by atoms with Crippen LogP contribution >= 0.6 is 11.3 Å². The van der Waals surface area contributed by atoms with E-state index in [2.05, 4.69) is 28.1 Å². The minimum absolute atomic E-state index is 0.0235. The van der Waals surface area contributed by atoms with Gasteiger partial charge in [0.1, 0.15) is 5.69 Å². The normalized spacial score (nSPS) is 12.6. The Bertz CT molecular complexity index is 1100. The summed E-state index contributed by atoms with van der Waals surface area (Å²) in [6.07, 6.45) is 0.857. The van der Waals surface area contributed by atoms with Gasteiger partial charge in [-0.3, -0.25) is 9.80 Å². The third-order valence-electron chi connectivity index (χ3n) is 5.61. The Hall–Kier alpha value is -2.77. The fourth-order valence-corrected chi connectivity index (χ4v) is 4.73. The van der Waals surface area contributed by atoms with Crippen molar-refractivity contribution in [2.75, 3.05) is 28.3 Å². The maximum absolute atomic E-state index is 13.3. The second-order valence-corrected chi connectivity index (χ2v) is 9.12. The number of nitrogens with zero attached hydrogens (tertiary/aromatic N) is 3. The number of rotatable bonds is 6. The molecule has 3 heterocycles. The van der Waals surface area contributed by atoms with Gasteiger partial charge in [0, 0.05) is 43.7 Å². The summed E-state index contributed by atoms with van der Waals surface area (Å²) in [7, 11) is 7.21. The zero-order valence-electron chi connectivity index (χ0n) is 18.9. The van der Waals surface area contributed by atoms with Crippen molar-refractivity contribution in [2.45, 2.75) is 32.9 Å². The highest BCUT2D eigenvalue weighted by molar-refractivity contribution is 7.13. The zero-order chi connectivity index (χ0) is 22.3. The van der Waals surface area contributed by atoms with Gasteiger partial charge in [-0.25, -0.2) is 5.01 Å². The Balaban J connectivity index is 1.94. The molecule has 0 aliphatic carbocycles. The highest BCUT2D eigenvalue weighted by Gasteiger charge is 2.30. The topological polar surface area (TPSA) is 46.9 Å². The van der Waals surface area contributed by atoms with E-state index in [9.17, 15) is 4.79 Å². The third-order valence-corrected chi connectivity index (χ3v) is 6.51. The second kappa shape index (κ2) is 8.40. The Morgan fingerprint density at radius 3 is 2.52 bits per heavy atom. The fourth-order valence-electron chi connectivity index (χ4n) is 3.98. The number of carbonyl (C=O) groups excluding carboxylic acids is 1. The molecule has 0 spiro atoms. The summed E-state index contributed by atoms with van der Waals surface area (Å²) >= 11 is 1.68. The zero-order valence-corrected chi connectivity index (χ0v) is 19.7. The molecule has 0 saturated carbocycles. The number of aryl methyl sites for hydroxylation is 1. The van der Waals surface area contributed by atoms with Gasteiger partial charge in [0.25, 0.3) is 5.91 Å². The minimum Gasteiger partial charge on any atom is -0.493 e. The van der Waals surface area contributed by atoms with Crippen LogP contribution in [0.15, 0.2) is 35.7 Å². The summed E-state index contributed by atoms with van der Waals surface area (Å²) in [5, 5.41) is 5.50. The number of thiophene rings is 1. The van der Waals surface area contributed by atoms with E-state index in [1.807, 2.05) is 40.1 Å². The molecule has 0 N–H and O–H groups in total. The van der Waals surface area contributed by atoms with Crippen LogP contribution in [0.4, 0.5) is 0 Å². The number of ether oxygens (including phenoxy) is 2. The highest BCUT2D eigenvalue weighted by Crippen LogP contribution is 2.45. The Morgan fingerprint density at radius 2 is 1.90 bits per heavy atom. The smallest absolute Gasteiger partial charge is 0.284 e. The van der Waals surface area contributed by atoms with E-state index < -0.39 is 0 Å². The molecule has 0 unspecified atom stereocenters. The van der Waals surface area contributed by atoms with Crippen LogP contribution in [0.1, 0.15) is 29.9 Å². The Morgan fingerprint density at radius 1 is 1.13 bits per heavy atom. The maximum atomic E-state index is 13.3. The summed E-state index contributed by atoms with van der Waals surface area (Å²) in [6.45, 7) is 4.75. The van der Waals surface area contributed by atoms with Gasteiger partial charge in [0.15, 0.2) is 11.5 Å². The van der Waals surface area contributed by atoms with E-state index in [0.29, 0.717) is 5.69 Å². The van der Waals surface area contributed by atoms with Crippen molar-refractivity contribution in [3.8, 4) is 33.2 Å². The van der Waals surface area contributed by atoms with Gasteiger partial charge < -0.3 is 14.0 Å². The molecule has 1 aliphatic heterocycles. The van der Waals surface area contributed by atoms with Gasteiger partial charge in [-0.15, -0.1) is 11.3 Å². The quantitative estimate of drug-likeness (QED) is 0.519. The SMILES string of the molecule is COc1cc2c(cc1OC(C)C)-c1c(-c3cccs3)cc(C(=O)N(C)N(C)C)n1CC2. The molecule has 4 rings (SSSR count). The van der Waals surface area contributed by atoms with Gasteiger partial charge in [0.05, 0.1) is 18.9 Å². The number of hydrogen-bond donors (Lipinski definition) is 0. The van der Waals surface area contributed by atoms with Crippen LogP contribution in [0.25, 0.3) is 21.7 Å². The predicted molar refractivity (Wildman–Crippen MR) is 125 cm³/mol. The number of methoxy groups -OCH3 is 1. The van der Waals surface area contributed by atoms with Crippen LogP contribution in [-0.2, 0) is 13.0 Å². The van der Waals surface area contributed by atoms with Crippen LogP contribution in [-0.4, -0.2) is 54.8 Å². The van der Waals surface area contributed by atoms with Crippen LogP contribution < -0.4 is 9.47 Å². The van der Waals surface area contributed by atoms with E-state index in [0.717, 1.165) is 46.2 Å². The number of fused-ring (bicyclic) bond motifs is 3. The fraction of sp³-hybridized carbons (Fsp3) is 0.375. The molecule has 2 aromatic heterocycles. The van der Waals surface area contributed by atoms with Gasteiger partial charge >= 0.3 is 0 Å². The van der Waals surface area contributed by atoms with Gasteiger partial charge in [-0.05, 0) is 55.5 Å². The first-order valence-electron chi connectivity index (χ1n) is 10.4. The summed E-state index contributed by atoms with van der Waals surface area (Å²) in [5.41, 5.74) is 5.14. The second-order valence-electron chi connectivity index (χ2n) is 8.17. The van der Waals surface area contributed by atoms with Crippen LogP contribution in [0.5, 0.6) is 11.5 Å². The molecule has 1 amide bonds. The van der Waals surface area contributed by atoms with Crippen molar-refractivity contribution in [3.05, 3.63) is 47.0 Å². The first-order chi connectivity index (χ1) is 14.8. The van der Waals surface area contributed by atoms with Crippen LogP contribution in [0.2, 0.25) is 0 Å². The molecule has 0 saturated heterocycles. The molecule has 0 atom stereocenters. The Kier molecular flexibility index (Phi) is 5.81. The number of aromatic nitrogens is 1. The lowest BCUT2D eigenvalue weighted by Gasteiger charge is -2.27. The van der Waals surface area contributed by atoms with E-state index in [4.69, 9.17) is 9.47 Å². The van der Waals surface area contributed by atoms with Crippen molar-refractivity contribution in [1.29, 1.82) is 0 Å². The number of benzene rings is 1. The van der Waals surface area contributed by atoms with Crippen molar-refractivity contribution in [1.82, 2.24) is 14.6 Å². The number of carbonyl (C=O) groups is 1. The maximum Gasteiger partial charge on any atom is 0.284 e. The van der Waals surface area contributed by atoms with Gasteiger partial charge in [-0.1, -0.05) is 6.07 Å². The molecule has 0 radical (unpaired) electrons. The van der Waals surface area contributed by atoms with Crippen LogP contribution in [0.3, 0.4) is 0 Å². The molecule has 1 aliphatic rings. The first-order valence-corrected chi connectivity index (χ1v) is 11.3. The summed E-state index contributed by atoms with van der Waals surface area (Å²) < 4.78 is 13.8. The third kappa shape index (κ3) is 3.83. The van der Waals surface area contributed by atoms with Gasteiger partial charge in [0.2, 0.25) is 0 Å². The molecular weight excluding hydrogens is 410 g/mol. The van der Waals surface area contributed by atoms with Crippen molar-refractivity contribution < 1.29 is 14.3 Å². The summed E-state index contributed by atoms with van der Waals surface area (Å²) in [4.78, 5) is 14.4. The lowest BCUT2D eigenvalue weighted by molar-refractivity contribution is 0.0331. The standard InChI is InChI=1S/C24H29N3O3S/c1-15(2)30-21-14-17-16(12-20(21)29-6)9-10-27-19(24(28)26(5)25(3)4)13-18(23(17)27)22-8-7-11-31-22/h7-8,11-15H,9-10H2,1-6H3. The summed E-state index contributed by atoms with van der Waals surface area (Å²) in [6, 6.07) is 10.3. The Labute approximate surface area is 187 Å². The lowest BCUT2D eigenvalue weighted by Crippen LogP contribution is -2.39. The van der Waals surface area contributed by atoms with Crippen molar-refractivity contribution in [2.24, 2.45) is 0 Å².